The van der Waals surface area contributed by atoms with Gasteiger partial charge in [0.05, 0.1) is 12.7 Å². The molecule has 0 radical (unpaired) electrons. The Morgan fingerprint density at radius 1 is 1.38 bits per heavy atom. The zero-order valence-electron chi connectivity index (χ0n) is 13.6. The smallest absolute Gasteiger partial charge is 0.119 e. The minimum atomic E-state index is -0.529. The Kier molecular flexibility index (Phi) is 5.65. The molecule has 0 aromatic heterocycles. The molecule has 3 heteroatoms. The van der Waals surface area contributed by atoms with Crippen LogP contribution >= 0.6 is 0 Å². The van der Waals surface area contributed by atoms with Gasteiger partial charge in [0.1, 0.15) is 5.75 Å². The summed E-state index contributed by atoms with van der Waals surface area (Å²) >= 11 is 0. The first-order valence-corrected chi connectivity index (χ1v) is 8.16. The molecule has 21 heavy (non-hydrogen) atoms. The molecular weight excluding hydrogens is 262 g/mol. The number of hydrogen-bond acceptors (Lipinski definition) is 3. The summed E-state index contributed by atoms with van der Waals surface area (Å²) in [5, 5.41) is 14.2. The average Bonchev–Trinajstić information content (AvgIpc) is 2.53. The monoisotopic (exact) mass is 291 g/mol. The number of nitrogens with one attached hydrogen (secondary N) is 1. The number of aliphatic hydroxyl groups is 1. The number of ether oxygens (including phenoxy) is 1. The van der Waals surface area contributed by atoms with Gasteiger partial charge < -0.3 is 15.2 Å². The molecule has 1 unspecified atom stereocenters. The lowest BCUT2D eigenvalue weighted by Crippen LogP contribution is -2.44. The van der Waals surface area contributed by atoms with Crippen molar-refractivity contribution in [2.75, 3.05) is 13.7 Å². The van der Waals surface area contributed by atoms with Crippen LogP contribution in [0.5, 0.6) is 5.75 Å². The van der Waals surface area contributed by atoms with E-state index in [0.29, 0.717) is 6.54 Å². The van der Waals surface area contributed by atoms with Crippen molar-refractivity contribution >= 4 is 0 Å². The second-order valence-corrected chi connectivity index (χ2v) is 6.46. The number of methoxy groups -OCH3 is 1. The van der Waals surface area contributed by atoms with Gasteiger partial charge in [0.15, 0.2) is 0 Å². The molecule has 0 bridgehead atoms. The molecular formula is C18H29NO2. The highest BCUT2D eigenvalue weighted by Crippen LogP contribution is 2.33. The SMILES string of the molecule is CCC1CCC(O)(CNC(C)c2cccc(OC)c2)CC1. The third-order valence-electron chi connectivity index (χ3n) is 4.94. The Labute approximate surface area is 128 Å². The van der Waals surface area contributed by atoms with Crippen LogP contribution < -0.4 is 10.1 Å². The fourth-order valence-electron chi connectivity index (χ4n) is 3.17. The zero-order chi connectivity index (χ0) is 15.3. The molecule has 118 valence electrons. The summed E-state index contributed by atoms with van der Waals surface area (Å²) in [6.07, 6.45) is 5.39. The summed E-state index contributed by atoms with van der Waals surface area (Å²) in [6.45, 7) is 5.05. The number of rotatable bonds is 6. The molecule has 1 saturated carbocycles. The summed E-state index contributed by atoms with van der Waals surface area (Å²) in [4.78, 5) is 0. The van der Waals surface area contributed by atoms with E-state index in [-0.39, 0.29) is 6.04 Å². The van der Waals surface area contributed by atoms with E-state index < -0.39 is 5.60 Å². The van der Waals surface area contributed by atoms with Crippen LogP contribution in [0.15, 0.2) is 24.3 Å². The lowest BCUT2D eigenvalue weighted by Gasteiger charge is -2.36. The van der Waals surface area contributed by atoms with Gasteiger partial charge in [0.2, 0.25) is 0 Å². The minimum absolute atomic E-state index is 0.216. The van der Waals surface area contributed by atoms with Gasteiger partial charge in [-0.3, -0.25) is 0 Å². The van der Waals surface area contributed by atoms with Crippen molar-refractivity contribution in [1.82, 2.24) is 5.32 Å². The van der Waals surface area contributed by atoms with Crippen LogP contribution in [0, 0.1) is 5.92 Å². The summed E-state index contributed by atoms with van der Waals surface area (Å²) in [5.41, 5.74) is 0.666. The predicted octanol–water partition coefficient (Wildman–Crippen LogP) is 3.68. The molecule has 0 aliphatic heterocycles. The zero-order valence-corrected chi connectivity index (χ0v) is 13.6. The van der Waals surface area contributed by atoms with Crippen LogP contribution in [0.1, 0.15) is 57.6 Å². The Morgan fingerprint density at radius 2 is 2.10 bits per heavy atom. The van der Waals surface area contributed by atoms with Crippen molar-refractivity contribution in [3.05, 3.63) is 29.8 Å². The normalized spacial score (nSPS) is 27.3. The topological polar surface area (TPSA) is 41.5 Å². The van der Waals surface area contributed by atoms with Crippen molar-refractivity contribution in [3.8, 4) is 5.75 Å². The quantitative estimate of drug-likeness (QED) is 0.840. The first kappa shape index (κ1) is 16.3. The van der Waals surface area contributed by atoms with Crippen molar-refractivity contribution in [3.63, 3.8) is 0 Å². The average molecular weight is 291 g/mol. The van der Waals surface area contributed by atoms with Crippen LogP contribution in [-0.2, 0) is 0 Å². The third-order valence-corrected chi connectivity index (χ3v) is 4.94. The molecule has 0 saturated heterocycles. The van der Waals surface area contributed by atoms with E-state index in [1.807, 2.05) is 12.1 Å². The Morgan fingerprint density at radius 3 is 2.71 bits per heavy atom. The molecule has 1 aromatic rings. The van der Waals surface area contributed by atoms with E-state index in [4.69, 9.17) is 4.74 Å². The van der Waals surface area contributed by atoms with Gasteiger partial charge in [0.25, 0.3) is 0 Å². The summed E-state index contributed by atoms with van der Waals surface area (Å²) < 4.78 is 5.27. The molecule has 2 N–H and O–H groups in total. The largest absolute Gasteiger partial charge is 0.497 e. The molecule has 0 heterocycles. The van der Waals surface area contributed by atoms with Gasteiger partial charge in [-0.1, -0.05) is 25.5 Å². The highest BCUT2D eigenvalue weighted by atomic mass is 16.5. The van der Waals surface area contributed by atoms with Gasteiger partial charge in [0, 0.05) is 12.6 Å². The fourth-order valence-corrected chi connectivity index (χ4v) is 3.17. The third kappa shape index (κ3) is 4.45. The van der Waals surface area contributed by atoms with Crippen LogP contribution in [-0.4, -0.2) is 24.4 Å². The molecule has 1 aromatic carbocycles. The standard InChI is InChI=1S/C18H29NO2/c1-4-15-8-10-18(20,11-9-15)13-19-14(2)16-6-5-7-17(12-16)21-3/h5-7,12,14-15,19-20H,4,8-11,13H2,1-3H3. The van der Waals surface area contributed by atoms with Crippen LogP contribution in [0.4, 0.5) is 0 Å². The lowest BCUT2D eigenvalue weighted by molar-refractivity contribution is -0.0103. The Bertz CT molecular complexity index is 439. The van der Waals surface area contributed by atoms with Gasteiger partial charge in [-0.15, -0.1) is 0 Å². The molecule has 1 aliphatic carbocycles. The Hall–Kier alpha value is -1.06. The second-order valence-electron chi connectivity index (χ2n) is 6.46. The van der Waals surface area contributed by atoms with Gasteiger partial charge >= 0.3 is 0 Å². The van der Waals surface area contributed by atoms with E-state index in [1.54, 1.807) is 7.11 Å². The van der Waals surface area contributed by atoms with Crippen LogP contribution in [0.3, 0.4) is 0 Å². The van der Waals surface area contributed by atoms with Crippen molar-refractivity contribution in [2.24, 2.45) is 5.92 Å². The van der Waals surface area contributed by atoms with Gasteiger partial charge in [-0.2, -0.15) is 0 Å². The van der Waals surface area contributed by atoms with Crippen LogP contribution in [0.2, 0.25) is 0 Å². The van der Waals surface area contributed by atoms with E-state index >= 15 is 0 Å². The summed E-state index contributed by atoms with van der Waals surface area (Å²) in [5.74, 6) is 1.68. The summed E-state index contributed by atoms with van der Waals surface area (Å²) in [6, 6.07) is 8.32. The highest BCUT2D eigenvalue weighted by Gasteiger charge is 2.32. The maximum absolute atomic E-state index is 10.7. The van der Waals surface area contributed by atoms with Crippen molar-refractivity contribution in [2.45, 2.75) is 57.6 Å². The van der Waals surface area contributed by atoms with Crippen molar-refractivity contribution < 1.29 is 9.84 Å². The minimum Gasteiger partial charge on any atom is -0.497 e. The van der Waals surface area contributed by atoms with Crippen molar-refractivity contribution in [1.29, 1.82) is 0 Å². The van der Waals surface area contributed by atoms with E-state index in [9.17, 15) is 5.11 Å². The number of benzene rings is 1. The molecule has 1 aliphatic rings. The second kappa shape index (κ2) is 7.28. The highest BCUT2D eigenvalue weighted by molar-refractivity contribution is 5.30. The lowest BCUT2D eigenvalue weighted by atomic mass is 9.77. The number of hydrogen-bond donors (Lipinski definition) is 2. The van der Waals surface area contributed by atoms with E-state index in [0.717, 1.165) is 37.4 Å². The molecule has 2 rings (SSSR count). The van der Waals surface area contributed by atoms with Gasteiger partial charge in [-0.05, 0) is 56.2 Å². The molecule has 0 amide bonds. The molecule has 3 nitrogen and oxygen atoms in total. The molecule has 0 spiro atoms. The maximum Gasteiger partial charge on any atom is 0.119 e. The first-order chi connectivity index (χ1) is 10.1. The first-order valence-electron chi connectivity index (χ1n) is 8.16. The summed E-state index contributed by atoms with van der Waals surface area (Å²) in [7, 11) is 1.69. The van der Waals surface area contributed by atoms with Gasteiger partial charge in [-0.25, -0.2) is 0 Å². The maximum atomic E-state index is 10.7. The molecule has 1 fully saturated rings. The Balaban J connectivity index is 1.87. The predicted molar refractivity (Wildman–Crippen MR) is 86.6 cm³/mol. The molecule has 1 atom stereocenters. The van der Waals surface area contributed by atoms with E-state index in [1.165, 1.54) is 12.0 Å². The van der Waals surface area contributed by atoms with E-state index in [2.05, 4.69) is 31.3 Å². The van der Waals surface area contributed by atoms with Crippen LogP contribution in [0.25, 0.3) is 0 Å². The fraction of sp³-hybridized carbons (Fsp3) is 0.667.